The largest absolute Gasteiger partial charge is 0.325 e. The van der Waals surface area contributed by atoms with Gasteiger partial charge >= 0.3 is 0 Å². The van der Waals surface area contributed by atoms with Crippen molar-refractivity contribution in [1.29, 1.82) is 0 Å². The van der Waals surface area contributed by atoms with E-state index in [1.165, 1.54) is 6.20 Å². The Hall–Kier alpha value is -2.54. The number of hydrogen-bond acceptors (Lipinski definition) is 4. The van der Waals surface area contributed by atoms with E-state index in [9.17, 15) is 14.4 Å². The molecule has 0 spiro atoms. The van der Waals surface area contributed by atoms with Gasteiger partial charge in [-0.1, -0.05) is 15.9 Å². The molecule has 0 atom stereocenters. The van der Waals surface area contributed by atoms with Gasteiger partial charge in [0.05, 0.1) is 23.0 Å². The van der Waals surface area contributed by atoms with Crippen LogP contribution in [-0.2, 0) is 4.79 Å². The molecule has 6 nitrogen and oxygen atoms in total. The molecule has 0 aliphatic carbocycles. The smallest absolute Gasteiger partial charge is 0.261 e. The van der Waals surface area contributed by atoms with Crippen molar-refractivity contribution in [2.75, 3.05) is 11.9 Å². The summed E-state index contributed by atoms with van der Waals surface area (Å²) in [6, 6.07) is 8.35. The molecule has 0 unspecified atom stereocenters. The van der Waals surface area contributed by atoms with E-state index in [-0.39, 0.29) is 30.7 Å². The van der Waals surface area contributed by atoms with Gasteiger partial charge in [0.1, 0.15) is 0 Å². The van der Waals surface area contributed by atoms with Crippen LogP contribution in [0.5, 0.6) is 0 Å². The van der Waals surface area contributed by atoms with E-state index in [0.717, 1.165) is 9.37 Å². The van der Waals surface area contributed by atoms with Crippen LogP contribution < -0.4 is 5.32 Å². The van der Waals surface area contributed by atoms with Crippen LogP contribution >= 0.6 is 15.9 Å². The topological polar surface area (TPSA) is 79.4 Å². The molecule has 3 rings (SSSR count). The molecule has 0 bridgehead atoms. The number of fused-ring (bicyclic) bond motifs is 1. The molecule has 1 N–H and O–H groups in total. The number of rotatable bonds is 4. The second-order valence-corrected chi connectivity index (χ2v) is 5.91. The molecule has 3 amide bonds. The lowest BCUT2D eigenvalue weighted by Crippen LogP contribution is -2.32. The van der Waals surface area contributed by atoms with Crippen molar-refractivity contribution in [2.45, 2.75) is 6.42 Å². The second-order valence-electron chi connectivity index (χ2n) is 4.99. The molecule has 7 heteroatoms. The maximum atomic E-state index is 12.3. The number of carbonyl (C=O) groups is 3. The van der Waals surface area contributed by atoms with Gasteiger partial charge < -0.3 is 5.32 Å². The minimum Gasteiger partial charge on any atom is -0.325 e. The molecule has 1 aliphatic heterocycles. The molecule has 0 radical (unpaired) electrons. The number of halogens is 1. The fourth-order valence-electron chi connectivity index (χ4n) is 2.34. The fourth-order valence-corrected chi connectivity index (χ4v) is 2.70. The van der Waals surface area contributed by atoms with E-state index in [1.807, 2.05) is 0 Å². The molecule has 2 aromatic rings. The Morgan fingerprint density at radius 3 is 2.70 bits per heavy atom. The van der Waals surface area contributed by atoms with E-state index >= 15 is 0 Å². The molecular weight excluding hydrogens is 362 g/mol. The van der Waals surface area contributed by atoms with E-state index in [1.54, 1.807) is 36.5 Å². The molecule has 1 aromatic carbocycles. The van der Waals surface area contributed by atoms with Crippen molar-refractivity contribution in [1.82, 2.24) is 9.88 Å². The Kier molecular flexibility index (Phi) is 4.20. The lowest BCUT2D eigenvalue weighted by Gasteiger charge is -2.13. The number of imide groups is 1. The number of benzene rings is 1. The minimum atomic E-state index is -0.375. The Morgan fingerprint density at radius 1 is 1.17 bits per heavy atom. The summed E-state index contributed by atoms with van der Waals surface area (Å²) in [7, 11) is 0. The SMILES string of the molecule is O=C(CCN1C(=O)c2ccc(Br)cc2C1=O)Nc1cccnc1. The molecule has 116 valence electrons. The van der Waals surface area contributed by atoms with E-state index in [0.29, 0.717) is 16.8 Å². The fraction of sp³-hybridized carbons (Fsp3) is 0.125. The van der Waals surface area contributed by atoms with Gasteiger partial charge in [0.25, 0.3) is 11.8 Å². The molecule has 2 heterocycles. The normalized spacial score (nSPS) is 13.2. The summed E-state index contributed by atoms with van der Waals surface area (Å²) in [5, 5.41) is 2.67. The van der Waals surface area contributed by atoms with Gasteiger partial charge in [-0.15, -0.1) is 0 Å². The lowest BCUT2D eigenvalue weighted by atomic mass is 10.1. The molecule has 1 aromatic heterocycles. The highest BCUT2D eigenvalue weighted by atomic mass is 79.9. The number of anilines is 1. The van der Waals surface area contributed by atoms with Crippen LogP contribution in [0.25, 0.3) is 0 Å². The van der Waals surface area contributed by atoms with Crippen LogP contribution in [0, 0.1) is 0 Å². The number of amides is 3. The number of carbonyl (C=O) groups excluding carboxylic acids is 3. The van der Waals surface area contributed by atoms with Gasteiger partial charge in [-0.3, -0.25) is 24.3 Å². The summed E-state index contributed by atoms with van der Waals surface area (Å²) in [5.74, 6) is -1.03. The first-order valence-corrected chi connectivity index (χ1v) is 7.71. The van der Waals surface area contributed by atoms with Gasteiger partial charge in [-0.25, -0.2) is 0 Å². The molecule has 0 fully saturated rings. The first kappa shape index (κ1) is 15.4. The summed E-state index contributed by atoms with van der Waals surface area (Å²) < 4.78 is 0.730. The van der Waals surface area contributed by atoms with Crippen LogP contribution in [0.4, 0.5) is 5.69 Å². The van der Waals surface area contributed by atoms with Crippen molar-refractivity contribution >= 4 is 39.3 Å². The predicted molar refractivity (Wildman–Crippen MR) is 87.0 cm³/mol. The summed E-state index contributed by atoms with van der Waals surface area (Å²) in [6.45, 7) is 0.0378. The van der Waals surface area contributed by atoms with Crippen LogP contribution in [-0.4, -0.2) is 34.2 Å². The van der Waals surface area contributed by atoms with Gasteiger partial charge in [-0.2, -0.15) is 0 Å². The van der Waals surface area contributed by atoms with E-state index < -0.39 is 0 Å². The third kappa shape index (κ3) is 3.14. The first-order valence-electron chi connectivity index (χ1n) is 6.92. The van der Waals surface area contributed by atoms with Gasteiger partial charge in [-0.05, 0) is 30.3 Å². The molecule has 0 saturated heterocycles. The van der Waals surface area contributed by atoms with Crippen molar-refractivity contribution in [2.24, 2.45) is 0 Å². The Balaban J connectivity index is 1.64. The van der Waals surface area contributed by atoms with Gasteiger partial charge in [0.15, 0.2) is 0 Å². The Labute approximate surface area is 140 Å². The lowest BCUT2D eigenvalue weighted by molar-refractivity contribution is -0.116. The zero-order valence-electron chi connectivity index (χ0n) is 12.0. The number of nitrogens with zero attached hydrogens (tertiary/aromatic N) is 2. The highest BCUT2D eigenvalue weighted by Gasteiger charge is 2.35. The van der Waals surface area contributed by atoms with Crippen LogP contribution in [0.15, 0.2) is 47.2 Å². The first-order chi connectivity index (χ1) is 11.1. The maximum absolute atomic E-state index is 12.3. The monoisotopic (exact) mass is 373 g/mol. The summed E-state index contributed by atoms with van der Waals surface area (Å²) in [5.41, 5.74) is 1.30. The third-order valence-corrected chi connectivity index (χ3v) is 3.93. The molecule has 1 aliphatic rings. The molecule has 23 heavy (non-hydrogen) atoms. The summed E-state index contributed by atoms with van der Waals surface area (Å²) >= 11 is 3.28. The standard InChI is InChI=1S/C16H12BrN3O3/c17-10-3-4-12-13(8-10)16(23)20(15(12)22)7-5-14(21)19-11-2-1-6-18-9-11/h1-4,6,8-9H,5,7H2,(H,19,21). The highest BCUT2D eigenvalue weighted by Crippen LogP contribution is 2.26. The molecule has 0 saturated carbocycles. The third-order valence-electron chi connectivity index (χ3n) is 3.44. The zero-order chi connectivity index (χ0) is 16.4. The van der Waals surface area contributed by atoms with Crippen molar-refractivity contribution in [3.8, 4) is 0 Å². The number of pyridine rings is 1. The average Bonchev–Trinajstić information content (AvgIpc) is 2.77. The van der Waals surface area contributed by atoms with Gasteiger partial charge in [0.2, 0.25) is 5.91 Å². The summed E-state index contributed by atoms with van der Waals surface area (Å²) in [6.07, 6.45) is 3.16. The quantitative estimate of drug-likeness (QED) is 0.834. The van der Waals surface area contributed by atoms with Crippen LogP contribution in [0.3, 0.4) is 0 Å². The minimum absolute atomic E-state index is 0.0293. The van der Waals surface area contributed by atoms with Crippen molar-refractivity contribution < 1.29 is 14.4 Å². The average molecular weight is 374 g/mol. The van der Waals surface area contributed by atoms with E-state index in [2.05, 4.69) is 26.2 Å². The number of aromatic nitrogens is 1. The highest BCUT2D eigenvalue weighted by molar-refractivity contribution is 9.10. The number of nitrogens with one attached hydrogen (secondary N) is 1. The Morgan fingerprint density at radius 2 is 1.96 bits per heavy atom. The van der Waals surface area contributed by atoms with Crippen LogP contribution in [0.2, 0.25) is 0 Å². The van der Waals surface area contributed by atoms with Crippen LogP contribution in [0.1, 0.15) is 27.1 Å². The summed E-state index contributed by atoms with van der Waals surface area (Å²) in [4.78, 5) is 41.4. The van der Waals surface area contributed by atoms with Crippen molar-refractivity contribution in [3.63, 3.8) is 0 Å². The van der Waals surface area contributed by atoms with E-state index in [4.69, 9.17) is 0 Å². The number of hydrogen-bond donors (Lipinski definition) is 1. The molecular formula is C16H12BrN3O3. The predicted octanol–water partition coefficient (Wildman–Crippen LogP) is 2.47. The van der Waals surface area contributed by atoms with Gasteiger partial charge in [0, 0.05) is 23.6 Å². The van der Waals surface area contributed by atoms with Crippen molar-refractivity contribution in [3.05, 3.63) is 58.3 Å². The Bertz CT molecular complexity index is 792. The second kappa shape index (κ2) is 6.29. The zero-order valence-corrected chi connectivity index (χ0v) is 13.5. The maximum Gasteiger partial charge on any atom is 0.261 e.